The summed E-state index contributed by atoms with van der Waals surface area (Å²) in [7, 11) is 3.04. The molecule has 0 saturated carbocycles. The number of aliphatic hydroxyl groups is 1. The first kappa shape index (κ1) is 13.3. The minimum absolute atomic E-state index is 0.209. The number of benzene rings is 1. The molecule has 0 aliphatic carbocycles. The van der Waals surface area contributed by atoms with Crippen LogP contribution < -0.4 is 9.47 Å². The first-order valence-electron chi connectivity index (χ1n) is 5.25. The molecular weight excluding hydrogens is 222 g/mol. The van der Waals surface area contributed by atoms with E-state index < -0.39 is 6.10 Å². The maximum Gasteiger partial charge on any atom is 0.215 e. The Morgan fingerprint density at radius 1 is 1.35 bits per heavy atom. The zero-order valence-corrected chi connectivity index (χ0v) is 10.2. The van der Waals surface area contributed by atoms with E-state index in [1.165, 1.54) is 14.2 Å². The van der Waals surface area contributed by atoms with Gasteiger partial charge in [-0.05, 0) is 25.1 Å². The third-order valence-electron chi connectivity index (χ3n) is 2.28. The number of hydrogen-bond acceptors (Lipinski definition) is 5. The number of methoxy groups -OCH3 is 2. The van der Waals surface area contributed by atoms with Crippen LogP contribution in [0.4, 0.5) is 0 Å². The summed E-state index contributed by atoms with van der Waals surface area (Å²) in [5, 5.41) is 17.5. The van der Waals surface area contributed by atoms with Gasteiger partial charge in [-0.3, -0.25) is 5.41 Å². The number of hydrogen-bond donors (Lipinski definition) is 2. The van der Waals surface area contributed by atoms with Gasteiger partial charge in [-0.2, -0.15) is 0 Å². The van der Waals surface area contributed by atoms with Gasteiger partial charge < -0.3 is 19.3 Å². The molecule has 17 heavy (non-hydrogen) atoms. The van der Waals surface area contributed by atoms with Crippen LogP contribution in [0.3, 0.4) is 0 Å². The molecule has 94 valence electrons. The van der Waals surface area contributed by atoms with Crippen LogP contribution in [-0.4, -0.2) is 31.8 Å². The van der Waals surface area contributed by atoms with Crippen molar-refractivity contribution in [1.29, 1.82) is 5.41 Å². The van der Waals surface area contributed by atoms with E-state index in [1.54, 1.807) is 25.1 Å². The number of aliphatic hydroxyl groups excluding tert-OH is 1. The summed E-state index contributed by atoms with van der Waals surface area (Å²) in [4.78, 5) is 0. The Kier molecular flexibility index (Phi) is 4.78. The average molecular weight is 239 g/mol. The van der Waals surface area contributed by atoms with Gasteiger partial charge >= 0.3 is 0 Å². The van der Waals surface area contributed by atoms with Gasteiger partial charge in [0.1, 0.15) is 11.5 Å². The van der Waals surface area contributed by atoms with E-state index in [9.17, 15) is 5.11 Å². The molecule has 1 aromatic rings. The first-order valence-corrected chi connectivity index (χ1v) is 5.25. The molecule has 1 atom stereocenters. The molecule has 0 radical (unpaired) electrons. The average Bonchev–Trinajstić information content (AvgIpc) is 2.37. The molecule has 1 rings (SSSR count). The van der Waals surface area contributed by atoms with Crippen LogP contribution in [0.25, 0.3) is 0 Å². The number of rotatable bonds is 5. The molecule has 1 aromatic carbocycles. The van der Waals surface area contributed by atoms with Crippen LogP contribution in [0.5, 0.6) is 11.5 Å². The van der Waals surface area contributed by atoms with Crippen LogP contribution in [0.15, 0.2) is 18.2 Å². The van der Waals surface area contributed by atoms with Crippen molar-refractivity contribution < 1.29 is 19.3 Å². The molecule has 2 N–H and O–H groups in total. The SMILES string of the molecule is CCOC(=N)[C@H](O)c1cc(OC)ccc1OC. The summed E-state index contributed by atoms with van der Waals surface area (Å²) in [6.07, 6.45) is -1.15. The molecule has 5 nitrogen and oxygen atoms in total. The van der Waals surface area contributed by atoms with Gasteiger partial charge in [0.15, 0.2) is 6.10 Å². The Morgan fingerprint density at radius 2 is 2.06 bits per heavy atom. The third-order valence-corrected chi connectivity index (χ3v) is 2.28. The van der Waals surface area contributed by atoms with E-state index >= 15 is 0 Å². The van der Waals surface area contributed by atoms with Crippen molar-refractivity contribution >= 4 is 5.90 Å². The maximum atomic E-state index is 9.97. The van der Waals surface area contributed by atoms with Crippen LogP contribution in [0.1, 0.15) is 18.6 Å². The Bertz CT molecular complexity index is 392. The van der Waals surface area contributed by atoms with Gasteiger partial charge in [0.25, 0.3) is 0 Å². The number of ether oxygens (including phenoxy) is 3. The van der Waals surface area contributed by atoms with E-state index in [0.29, 0.717) is 23.7 Å². The zero-order chi connectivity index (χ0) is 12.8. The van der Waals surface area contributed by atoms with Gasteiger partial charge in [-0.25, -0.2) is 0 Å². The van der Waals surface area contributed by atoms with E-state index in [1.807, 2.05) is 0 Å². The minimum atomic E-state index is -1.15. The smallest absolute Gasteiger partial charge is 0.215 e. The largest absolute Gasteiger partial charge is 0.497 e. The standard InChI is InChI=1S/C12H17NO4/c1-4-17-12(13)11(14)9-7-8(15-2)5-6-10(9)16-3/h5-7,11,13-14H,4H2,1-3H3/t11-/m1/s1. The van der Waals surface area contributed by atoms with Crippen LogP contribution in [-0.2, 0) is 4.74 Å². The Balaban J connectivity index is 3.04. The van der Waals surface area contributed by atoms with Crippen molar-refractivity contribution in [1.82, 2.24) is 0 Å². The van der Waals surface area contributed by atoms with Gasteiger partial charge in [-0.15, -0.1) is 0 Å². The zero-order valence-electron chi connectivity index (χ0n) is 10.2. The minimum Gasteiger partial charge on any atom is -0.497 e. The predicted octanol–water partition coefficient (Wildman–Crippen LogP) is 1.75. The summed E-state index contributed by atoms with van der Waals surface area (Å²) in [5.74, 6) is 0.867. The van der Waals surface area contributed by atoms with Gasteiger partial charge in [0.05, 0.1) is 20.8 Å². The van der Waals surface area contributed by atoms with Crippen LogP contribution in [0, 0.1) is 5.41 Å². The summed E-state index contributed by atoms with van der Waals surface area (Å²) >= 11 is 0. The lowest BCUT2D eigenvalue weighted by Gasteiger charge is -2.16. The third kappa shape index (κ3) is 3.10. The van der Waals surface area contributed by atoms with Crippen molar-refractivity contribution in [2.45, 2.75) is 13.0 Å². The van der Waals surface area contributed by atoms with Crippen molar-refractivity contribution in [2.75, 3.05) is 20.8 Å². The van der Waals surface area contributed by atoms with Crippen molar-refractivity contribution in [2.24, 2.45) is 0 Å². The maximum absolute atomic E-state index is 9.97. The van der Waals surface area contributed by atoms with Gasteiger partial charge in [0, 0.05) is 5.56 Å². The second-order valence-corrected chi connectivity index (χ2v) is 3.31. The summed E-state index contributed by atoms with van der Waals surface area (Å²) in [5.41, 5.74) is 0.449. The molecule has 5 heteroatoms. The normalized spacial score (nSPS) is 11.8. The van der Waals surface area contributed by atoms with Gasteiger partial charge in [-0.1, -0.05) is 0 Å². The van der Waals surface area contributed by atoms with E-state index in [-0.39, 0.29) is 5.90 Å². The molecule has 0 fully saturated rings. The molecular formula is C12H17NO4. The highest BCUT2D eigenvalue weighted by Crippen LogP contribution is 2.30. The molecule has 0 bridgehead atoms. The first-order chi connectivity index (χ1) is 8.13. The molecule has 0 spiro atoms. The highest BCUT2D eigenvalue weighted by Gasteiger charge is 2.20. The highest BCUT2D eigenvalue weighted by molar-refractivity contribution is 5.80. The van der Waals surface area contributed by atoms with Gasteiger partial charge in [0.2, 0.25) is 5.90 Å². The summed E-state index contributed by atoms with van der Waals surface area (Å²) in [6, 6.07) is 5.02. The van der Waals surface area contributed by atoms with E-state index in [2.05, 4.69) is 0 Å². The lowest BCUT2D eigenvalue weighted by molar-refractivity contribution is 0.186. The lowest BCUT2D eigenvalue weighted by atomic mass is 10.1. The highest BCUT2D eigenvalue weighted by atomic mass is 16.5. The van der Waals surface area contributed by atoms with E-state index in [0.717, 1.165) is 0 Å². The monoisotopic (exact) mass is 239 g/mol. The fourth-order valence-corrected chi connectivity index (χ4v) is 1.43. The predicted molar refractivity (Wildman–Crippen MR) is 63.9 cm³/mol. The fourth-order valence-electron chi connectivity index (χ4n) is 1.43. The Labute approximate surface area is 100 Å². The Hall–Kier alpha value is -1.75. The van der Waals surface area contributed by atoms with Crippen molar-refractivity contribution in [3.8, 4) is 11.5 Å². The number of nitrogens with one attached hydrogen (secondary N) is 1. The van der Waals surface area contributed by atoms with Crippen LogP contribution >= 0.6 is 0 Å². The molecule has 0 unspecified atom stereocenters. The topological polar surface area (TPSA) is 71.8 Å². The lowest BCUT2D eigenvalue weighted by Crippen LogP contribution is -2.15. The fraction of sp³-hybridized carbons (Fsp3) is 0.417. The van der Waals surface area contributed by atoms with E-state index in [4.69, 9.17) is 19.6 Å². The van der Waals surface area contributed by atoms with Crippen molar-refractivity contribution in [3.05, 3.63) is 23.8 Å². The quantitative estimate of drug-likeness (QED) is 0.606. The summed E-state index contributed by atoms with van der Waals surface area (Å²) < 4.78 is 15.2. The molecule has 0 saturated heterocycles. The molecule has 0 aliphatic heterocycles. The Morgan fingerprint density at radius 3 is 2.59 bits per heavy atom. The second-order valence-electron chi connectivity index (χ2n) is 3.31. The molecule has 0 aliphatic rings. The van der Waals surface area contributed by atoms with Crippen LogP contribution in [0.2, 0.25) is 0 Å². The molecule has 0 aromatic heterocycles. The molecule has 0 heterocycles. The van der Waals surface area contributed by atoms with Crippen molar-refractivity contribution in [3.63, 3.8) is 0 Å². The molecule has 0 amide bonds. The second kappa shape index (κ2) is 6.10. The summed E-state index contributed by atoms with van der Waals surface area (Å²) in [6.45, 7) is 2.09.